The van der Waals surface area contributed by atoms with Crippen LogP contribution < -0.4 is 5.56 Å². The van der Waals surface area contributed by atoms with E-state index in [0.29, 0.717) is 10.3 Å². The summed E-state index contributed by atoms with van der Waals surface area (Å²) < 4.78 is 3.36. The lowest BCUT2D eigenvalue weighted by Gasteiger charge is -2.13. The molecule has 0 aliphatic heterocycles. The van der Waals surface area contributed by atoms with E-state index < -0.39 is 0 Å². The van der Waals surface area contributed by atoms with Crippen LogP contribution in [0.4, 0.5) is 0 Å². The molecule has 32 heavy (non-hydrogen) atoms. The molecular weight excluding hydrogens is 440 g/mol. The molecule has 0 amide bonds. The Balaban J connectivity index is 1.56. The van der Waals surface area contributed by atoms with E-state index in [1.54, 1.807) is 20.6 Å². The lowest BCUT2D eigenvalue weighted by molar-refractivity contribution is 0.699. The van der Waals surface area contributed by atoms with E-state index in [9.17, 15) is 4.79 Å². The van der Waals surface area contributed by atoms with Crippen molar-refractivity contribution in [2.45, 2.75) is 36.0 Å². The molecule has 0 saturated carbocycles. The molecule has 0 spiro atoms. The van der Waals surface area contributed by atoms with Crippen molar-refractivity contribution in [2.75, 3.05) is 0 Å². The second-order valence-corrected chi connectivity index (χ2v) is 9.59. The highest BCUT2D eigenvalue weighted by molar-refractivity contribution is 7.99. The first-order valence-corrected chi connectivity index (χ1v) is 12.1. The number of fused-ring (bicyclic) bond motifs is 3. The normalized spacial score (nSPS) is 13.4. The number of hydrogen-bond acceptors (Lipinski definition) is 7. The molecule has 1 aliphatic rings. The van der Waals surface area contributed by atoms with Crippen LogP contribution in [0.3, 0.4) is 0 Å². The predicted molar refractivity (Wildman–Crippen MR) is 125 cm³/mol. The highest BCUT2D eigenvalue weighted by atomic mass is 32.2. The Hall–Kier alpha value is -3.30. The zero-order valence-electron chi connectivity index (χ0n) is 17.0. The lowest BCUT2D eigenvalue weighted by Crippen LogP contribution is -2.22. The Labute approximate surface area is 191 Å². The summed E-state index contributed by atoms with van der Waals surface area (Å²) in [7, 11) is 0. The largest absolute Gasteiger partial charge is 0.268 e. The number of nitrogens with zero attached hydrogens (tertiary/aromatic N) is 6. The third kappa shape index (κ3) is 3.25. The minimum atomic E-state index is -0.0261. The van der Waals surface area contributed by atoms with Gasteiger partial charge in [-0.15, -0.1) is 16.4 Å². The Morgan fingerprint density at radius 3 is 2.38 bits per heavy atom. The fraction of sp³-hybridized carbons (Fsp3) is 0.174. The third-order valence-electron chi connectivity index (χ3n) is 5.60. The molecule has 3 heterocycles. The van der Waals surface area contributed by atoms with Crippen LogP contribution >= 0.6 is 23.1 Å². The van der Waals surface area contributed by atoms with Gasteiger partial charge in [-0.05, 0) is 77.7 Å². The van der Waals surface area contributed by atoms with Gasteiger partial charge in [0.1, 0.15) is 4.83 Å². The average molecular weight is 459 g/mol. The summed E-state index contributed by atoms with van der Waals surface area (Å²) in [4.78, 5) is 20.9. The maximum Gasteiger partial charge on any atom is 0.267 e. The van der Waals surface area contributed by atoms with Gasteiger partial charge < -0.3 is 0 Å². The second kappa shape index (κ2) is 7.99. The van der Waals surface area contributed by atoms with Crippen LogP contribution in [0.15, 0.2) is 75.8 Å². The number of tetrazole rings is 1. The molecule has 0 bridgehead atoms. The molecule has 1 aliphatic carbocycles. The van der Waals surface area contributed by atoms with Gasteiger partial charge in [0.2, 0.25) is 5.16 Å². The molecule has 6 rings (SSSR count). The number of hydrogen-bond donors (Lipinski definition) is 0. The molecule has 7 nitrogen and oxygen atoms in total. The smallest absolute Gasteiger partial charge is 0.267 e. The molecule has 3 aromatic heterocycles. The second-order valence-electron chi connectivity index (χ2n) is 7.57. The van der Waals surface area contributed by atoms with Gasteiger partial charge >= 0.3 is 0 Å². The Morgan fingerprint density at radius 2 is 1.59 bits per heavy atom. The van der Waals surface area contributed by atoms with Crippen LogP contribution in [0, 0.1) is 0 Å². The van der Waals surface area contributed by atoms with Crippen LogP contribution in [0.2, 0.25) is 0 Å². The van der Waals surface area contributed by atoms with Crippen LogP contribution in [-0.4, -0.2) is 29.8 Å². The van der Waals surface area contributed by atoms with Crippen molar-refractivity contribution < 1.29 is 0 Å². The number of rotatable bonds is 4. The van der Waals surface area contributed by atoms with Crippen molar-refractivity contribution in [3.8, 4) is 11.4 Å². The molecule has 0 saturated heterocycles. The zero-order chi connectivity index (χ0) is 21.5. The van der Waals surface area contributed by atoms with E-state index in [1.807, 2.05) is 60.7 Å². The van der Waals surface area contributed by atoms with Gasteiger partial charge in [-0.3, -0.25) is 9.36 Å². The monoisotopic (exact) mass is 458 g/mol. The van der Waals surface area contributed by atoms with Gasteiger partial charge in [-0.1, -0.05) is 36.4 Å². The zero-order valence-corrected chi connectivity index (χ0v) is 18.6. The standard InChI is InChI=1S/C23H18N6OS2/c30-21-19-17-13-7-8-14-18(17)31-20(19)24-22(28(21)15-9-3-1-4-10-15)32-23-25-26-27-29(23)16-11-5-2-6-12-16/h1-6,9-12H,7-8,13-14H2. The van der Waals surface area contributed by atoms with E-state index in [-0.39, 0.29) is 5.56 Å². The number of thiophene rings is 1. The van der Waals surface area contributed by atoms with Crippen LogP contribution in [0.5, 0.6) is 0 Å². The summed E-state index contributed by atoms with van der Waals surface area (Å²) in [5, 5.41) is 14.1. The van der Waals surface area contributed by atoms with Crippen molar-refractivity contribution in [2.24, 2.45) is 0 Å². The quantitative estimate of drug-likeness (QED) is 0.370. The molecular formula is C23H18N6OS2. The van der Waals surface area contributed by atoms with E-state index in [4.69, 9.17) is 4.98 Å². The first kappa shape index (κ1) is 19.4. The fourth-order valence-corrected chi connectivity index (χ4v) is 6.31. The van der Waals surface area contributed by atoms with Crippen LogP contribution in [0.25, 0.3) is 21.6 Å². The van der Waals surface area contributed by atoms with Crippen molar-refractivity contribution in [1.82, 2.24) is 29.8 Å². The Morgan fingerprint density at radius 1 is 0.875 bits per heavy atom. The molecule has 0 unspecified atom stereocenters. The van der Waals surface area contributed by atoms with Crippen LogP contribution in [0.1, 0.15) is 23.3 Å². The first-order chi connectivity index (χ1) is 15.8. The summed E-state index contributed by atoms with van der Waals surface area (Å²) in [6.45, 7) is 0. The number of benzene rings is 2. The molecule has 2 aromatic carbocycles. The maximum absolute atomic E-state index is 13.8. The molecule has 0 atom stereocenters. The SMILES string of the molecule is O=c1c2c3c(sc2nc(Sc2nnnn2-c2ccccc2)n1-c1ccccc1)CCCC3. The molecule has 0 fully saturated rings. The maximum atomic E-state index is 13.8. The van der Waals surface area contributed by atoms with Crippen molar-refractivity contribution >= 4 is 33.3 Å². The Kier molecular flexibility index (Phi) is 4.84. The number of aryl methyl sites for hydroxylation is 2. The molecule has 0 N–H and O–H groups in total. The highest BCUT2D eigenvalue weighted by Gasteiger charge is 2.24. The minimum Gasteiger partial charge on any atom is -0.268 e. The third-order valence-corrected chi connectivity index (χ3v) is 7.68. The van der Waals surface area contributed by atoms with Gasteiger partial charge in [-0.2, -0.15) is 4.68 Å². The highest BCUT2D eigenvalue weighted by Crippen LogP contribution is 2.36. The number of para-hydroxylation sites is 2. The first-order valence-electron chi connectivity index (χ1n) is 10.4. The van der Waals surface area contributed by atoms with Crippen molar-refractivity contribution in [3.05, 3.63) is 81.5 Å². The van der Waals surface area contributed by atoms with Gasteiger partial charge in [0, 0.05) is 4.88 Å². The number of aromatic nitrogens is 6. The summed E-state index contributed by atoms with van der Waals surface area (Å²) in [5.74, 6) is 0. The summed E-state index contributed by atoms with van der Waals surface area (Å²) in [6, 6.07) is 19.4. The Bertz CT molecular complexity index is 1470. The molecule has 158 valence electrons. The predicted octanol–water partition coefficient (Wildman–Crippen LogP) is 4.45. The molecule has 9 heteroatoms. The summed E-state index contributed by atoms with van der Waals surface area (Å²) in [5.41, 5.74) is 2.79. The summed E-state index contributed by atoms with van der Waals surface area (Å²) in [6.07, 6.45) is 4.25. The van der Waals surface area contributed by atoms with Crippen molar-refractivity contribution in [1.29, 1.82) is 0 Å². The van der Waals surface area contributed by atoms with E-state index in [1.165, 1.54) is 28.6 Å². The molecule has 0 radical (unpaired) electrons. The van der Waals surface area contributed by atoms with Gasteiger partial charge in [0.15, 0.2) is 5.16 Å². The van der Waals surface area contributed by atoms with E-state index >= 15 is 0 Å². The van der Waals surface area contributed by atoms with E-state index in [2.05, 4.69) is 15.5 Å². The van der Waals surface area contributed by atoms with Gasteiger partial charge in [-0.25, -0.2) is 4.98 Å². The summed E-state index contributed by atoms with van der Waals surface area (Å²) >= 11 is 2.95. The fourth-order valence-electron chi connectivity index (χ4n) is 4.11. The molecule has 5 aromatic rings. The minimum absolute atomic E-state index is 0.0261. The lowest BCUT2D eigenvalue weighted by atomic mass is 9.97. The van der Waals surface area contributed by atoms with Gasteiger partial charge in [0.25, 0.3) is 5.56 Å². The van der Waals surface area contributed by atoms with Gasteiger partial charge in [0.05, 0.1) is 16.8 Å². The van der Waals surface area contributed by atoms with E-state index in [0.717, 1.165) is 40.9 Å². The average Bonchev–Trinajstić information content (AvgIpc) is 3.45. The van der Waals surface area contributed by atoms with Crippen LogP contribution in [-0.2, 0) is 12.8 Å². The topological polar surface area (TPSA) is 78.5 Å². The van der Waals surface area contributed by atoms with Crippen molar-refractivity contribution in [3.63, 3.8) is 0 Å².